The molecule has 60 heavy (non-hydrogen) atoms. The van der Waals surface area contributed by atoms with Crippen molar-refractivity contribution in [2.45, 2.75) is 223 Å². The smallest absolute Gasteiger partial charge is 0.462 e. The van der Waals surface area contributed by atoms with Gasteiger partial charge in [-0.2, -0.15) is 0 Å². The van der Waals surface area contributed by atoms with Gasteiger partial charge in [0.15, 0.2) is 6.10 Å². The average molecular weight is 875 g/mol. The molecule has 5 unspecified atom stereocenters. The van der Waals surface area contributed by atoms with Gasteiger partial charge in [-0.1, -0.05) is 121 Å². The zero-order chi connectivity index (χ0) is 44.0. The molecule has 0 amide bonds. The molecule has 0 radical (unpaired) electrons. The first kappa shape index (κ1) is 54.2. The van der Waals surface area contributed by atoms with Crippen LogP contribution in [0, 0.1) is 0 Å². The summed E-state index contributed by atoms with van der Waals surface area (Å²) in [6.07, 6.45) is 23.7. The number of phosphoric ester groups is 1. The van der Waals surface area contributed by atoms with E-state index in [0.717, 1.165) is 89.9 Å². The van der Waals surface area contributed by atoms with Crippen LogP contribution in [0.3, 0.4) is 0 Å². The van der Waals surface area contributed by atoms with Gasteiger partial charge < -0.3 is 44.6 Å². The van der Waals surface area contributed by atoms with E-state index < -0.39 is 75.7 Å². The van der Waals surface area contributed by atoms with Gasteiger partial charge in [-0.25, -0.2) is 4.57 Å². The summed E-state index contributed by atoms with van der Waals surface area (Å²) >= 11 is 0. The molecule has 0 spiro atoms. The summed E-state index contributed by atoms with van der Waals surface area (Å²) in [7, 11) is -5.13. The van der Waals surface area contributed by atoms with Crippen LogP contribution in [0.4, 0.5) is 0 Å². The highest BCUT2D eigenvalue weighted by Gasteiger charge is 2.51. The zero-order valence-electron chi connectivity index (χ0n) is 36.4. The Kier molecular flexibility index (Phi) is 29.5. The number of unbranched alkanes of at least 4 members (excludes halogenated alkanes) is 15. The maximum absolute atomic E-state index is 12.8. The van der Waals surface area contributed by atoms with E-state index in [1.807, 2.05) is 0 Å². The van der Waals surface area contributed by atoms with Crippen molar-refractivity contribution in [1.29, 1.82) is 0 Å². The second-order valence-corrected chi connectivity index (χ2v) is 17.7. The second-order valence-electron chi connectivity index (χ2n) is 16.3. The zero-order valence-corrected chi connectivity index (χ0v) is 37.3. The number of phosphoric acid groups is 1. The molecule has 0 aromatic rings. The summed E-state index contributed by atoms with van der Waals surface area (Å²) in [5.74, 6) is -1.14. The summed E-state index contributed by atoms with van der Waals surface area (Å²) in [6, 6.07) is 0. The number of hydrogen-bond donors (Lipinski definition) is 6. The van der Waals surface area contributed by atoms with Crippen LogP contribution in [0.25, 0.3) is 0 Å². The lowest BCUT2D eigenvalue weighted by Crippen LogP contribution is -2.64. The Labute approximate surface area is 359 Å². The molecule has 1 saturated carbocycles. The summed E-state index contributed by atoms with van der Waals surface area (Å²) < 4.78 is 39.2. The average Bonchev–Trinajstić information content (AvgIpc) is 3.98. The molecule has 10 atom stereocenters. The fourth-order valence-corrected chi connectivity index (χ4v) is 8.00. The highest BCUT2D eigenvalue weighted by atomic mass is 31.2. The molecular weight excluding hydrogens is 795 g/mol. The predicted octanol–water partition coefficient (Wildman–Crippen LogP) is 7.60. The Hall–Kier alpha value is -1.97. The number of ether oxygens (including phenoxy) is 3. The van der Waals surface area contributed by atoms with Crippen molar-refractivity contribution in [2.75, 3.05) is 13.2 Å². The molecule has 1 aliphatic carbocycles. The molecule has 1 aliphatic heterocycles. The van der Waals surface area contributed by atoms with Crippen LogP contribution >= 0.6 is 7.82 Å². The number of carbonyl (C=O) groups excluding carboxylic acids is 2. The fourth-order valence-electron chi connectivity index (χ4n) is 7.03. The summed E-state index contributed by atoms with van der Waals surface area (Å²) in [4.78, 5) is 35.7. The molecule has 15 heteroatoms. The summed E-state index contributed by atoms with van der Waals surface area (Å²) in [5, 5.41) is 50.1. The first-order valence-electron chi connectivity index (χ1n) is 22.9. The van der Waals surface area contributed by atoms with Gasteiger partial charge in [-0.05, 0) is 70.6 Å². The van der Waals surface area contributed by atoms with Gasteiger partial charge in [0.05, 0.1) is 18.8 Å². The SMILES string of the molecule is CCCCC/C=C\C/C=C\CCCCCCCC(=O)O[C@H](COC(=O)CCCCCCC/C=C\CC1OC1CCCCC)COP(=O)(O)OC1[C@H](O)[C@H](O)C(O)[C@H](O)[C@H]1O. The van der Waals surface area contributed by atoms with Crippen LogP contribution in [0.5, 0.6) is 0 Å². The quantitative estimate of drug-likeness (QED) is 0.0117. The molecule has 348 valence electrons. The molecular formula is C45H79O14P. The van der Waals surface area contributed by atoms with Crippen molar-refractivity contribution >= 4 is 19.8 Å². The third-order valence-electron chi connectivity index (χ3n) is 10.9. The highest BCUT2D eigenvalue weighted by Crippen LogP contribution is 2.47. The van der Waals surface area contributed by atoms with E-state index >= 15 is 0 Å². The summed E-state index contributed by atoms with van der Waals surface area (Å²) in [6.45, 7) is 3.21. The van der Waals surface area contributed by atoms with Crippen molar-refractivity contribution in [3.05, 3.63) is 36.5 Å². The predicted molar refractivity (Wildman–Crippen MR) is 230 cm³/mol. The second kappa shape index (κ2) is 32.7. The van der Waals surface area contributed by atoms with Crippen LogP contribution in [0.2, 0.25) is 0 Å². The molecule has 2 fully saturated rings. The maximum atomic E-state index is 12.8. The molecule has 0 bridgehead atoms. The van der Waals surface area contributed by atoms with Gasteiger partial charge in [0.1, 0.15) is 43.2 Å². The highest BCUT2D eigenvalue weighted by molar-refractivity contribution is 7.47. The van der Waals surface area contributed by atoms with Crippen molar-refractivity contribution in [3.63, 3.8) is 0 Å². The van der Waals surface area contributed by atoms with E-state index in [0.29, 0.717) is 25.0 Å². The van der Waals surface area contributed by atoms with Gasteiger partial charge >= 0.3 is 19.8 Å². The Bertz CT molecular complexity index is 1260. The lowest BCUT2D eigenvalue weighted by atomic mass is 9.85. The van der Waals surface area contributed by atoms with E-state index in [-0.39, 0.29) is 12.8 Å². The van der Waals surface area contributed by atoms with Gasteiger partial charge in [0.2, 0.25) is 0 Å². The molecule has 6 N–H and O–H groups in total. The number of esters is 2. The first-order chi connectivity index (χ1) is 28.9. The molecule has 2 aliphatic rings. The Morgan fingerprint density at radius 3 is 1.70 bits per heavy atom. The molecule has 14 nitrogen and oxygen atoms in total. The fraction of sp³-hybridized carbons (Fsp3) is 0.822. The summed E-state index contributed by atoms with van der Waals surface area (Å²) in [5.41, 5.74) is 0. The minimum absolute atomic E-state index is 0.0745. The minimum Gasteiger partial charge on any atom is -0.462 e. The molecule has 2 rings (SSSR count). The number of aliphatic hydroxyl groups is 5. The molecule has 0 aromatic heterocycles. The van der Waals surface area contributed by atoms with Crippen molar-refractivity contribution in [3.8, 4) is 0 Å². The van der Waals surface area contributed by atoms with Crippen molar-refractivity contribution < 1.29 is 67.8 Å². The number of epoxide rings is 1. The van der Waals surface area contributed by atoms with Crippen molar-refractivity contribution in [2.24, 2.45) is 0 Å². The third-order valence-corrected chi connectivity index (χ3v) is 11.9. The van der Waals surface area contributed by atoms with E-state index in [1.54, 1.807) is 0 Å². The lowest BCUT2D eigenvalue weighted by molar-refractivity contribution is -0.220. The van der Waals surface area contributed by atoms with E-state index in [9.17, 15) is 44.6 Å². The number of rotatable bonds is 36. The Morgan fingerprint density at radius 2 is 1.10 bits per heavy atom. The lowest BCUT2D eigenvalue weighted by Gasteiger charge is -2.41. The van der Waals surface area contributed by atoms with Crippen LogP contribution < -0.4 is 0 Å². The molecule has 1 saturated heterocycles. The van der Waals surface area contributed by atoms with E-state index in [1.165, 1.54) is 38.5 Å². The maximum Gasteiger partial charge on any atom is 0.472 e. The van der Waals surface area contributed by atoms with E-state index in [2.05, 4.69) is 50.3 Å². The van der Waals surface area contributed by atoms with Crippen LogP contribution in [-0.4, -0.2) is 111 Å². The largest absolute Gasteiger partial charge is 0.472 e. The Morgan fingerprint density at radius 1 is 0.600 bits per heavy atom. The van der Waals surface area contributed by atoms with Crippen LogP contribution in [-0.2, 0) is 37.4 Å². The monoisotopic (exact) mass is 875 g/mol. The number of carbonyl (C=O) groups is 2. The number of hydrogen-bond acceptors (Lipinski definition) is 13. The van der Waals surface area contributed by atoms with E-state index in [4.69, 9.17) is 23.3 Å². The first-order valence-corrected chi connectivity index (χ1v) is 24.4. The standard InChI is InChI=1S/C45H79O14P/c1-3-5-7-8-9-10-11-12-13-14-15-16-21-24-28-32-39(47)57-35(34-56-60(53,54)59-45-43(51)41(49)40(48)42(50)44(45)52)33-55-38(46)31-27-23-20-18-17-19-22-26-30-37-36(58-37)29-25-6-4-2/h9-10,12-13,22,26,35-37,40-45,48-52H,3-8,11,14-21,23-25,27-34H2,1-2H3,(H,53,54)/b10-9-,13-12-,26-22-/t35-,36?,37?,40?,41-,42+,43-,44-,45?/m1/s1. The van der Waals surface area contributed by atoms with Gasteiger partial charge in [0, 0.05) is 12.8 Å². The minimum atomic E-state index is -5.13. The van der Waals surface area contributed by atoms with Crippen LogP contribution in [0.1, 0.15) is 168 Å². The Balaban J connectivity index is 1.72. The van der Waals surface area contributed by atoms with Gasteiger partial charge in [-0.3, -0.25) is 18.6 Å². The molecule has 0 aromatic carbocycles. The number of allylic oxidation sites excluding steroid dienone is 5. The van der Waals surface area contributed by atoms with Crippen LogP contribution in [0.15, 0.2) is 36.5 Å². The normalized spacial score (nSPS) is 25.9. The molecule has 1 heterocycles. The van der Waals surface area contributed by atoms with Gasteiger partial charge in [0.25, 0.3) is 0 Å². The van der Waals surface area contributed by atoms with Crippen molar-refractivity contribution in [1.82, 2.24) is 0 Å². The van der Waals surface area contributed by atoms with Gasteiger partial charge in [-0.15, -0.1) is 0 Å². The number of aliphatic hydroxyl groups excluding tert-OH is 5. The third kappa shape index (κ3) is 24.6. The topological polar surface area (TPSA) is 222 Å².